The van der Waals surface area contributed by atoms with Gasteiger partial charge < -0.3 is 14.2 Å². The number of aromatic nitrogens is 2. The Morgan fingerprint density at radius 3 is 2.78 bits per heavy atom. The van der Waals surface area contributed by atoms with Crippen molar-refractivity contribution in [1.82, 2.24) is 14.5 Å². The maximum Gasteiger partial charge on any atom is 0.257 e. The first-order valence-electron chi connectivity index (χ1n) is 8.88. The third kappa shape index (κ3) is 3.75. The molecule has 1 atom stereocenters. The van der Waals surface area contributed by atoms with E-state index in [1.807, 2.05) is 30.5 Å². The van der Waals surface area contributed by atoms with Crippen molar-refractivity contribution in [1.29, 1.82) is 0 Å². The number of nitrogens with zero attached hydrogens (tertiary/aromatic N) is 3. The maximum atomic E-state index is 14.0. The molecule has 5 nitrogen and oxygen atoms in total. The normalized spacial score (nSPS) is 16.2. The van der Waals surface area contributed by atoms with Crippen molar-refractivity contribution >= 4 is 5.91 Å². The van der Waals surface area contributed by atoms with Crippen molar-refractivity contribution in [2.75, 3.05) is 13.2 Å². The second kappa shape index (κ2) is 7.72. The van der Waals surface area contributed by atoms with Crippen molar-refractivity contribution in [3.8, 4) is 0 Å². The minimum Gasteiger partial charge on any atom is -0.375 e. The largest absolute Gasteiger partial charge is 0.375 e. The minimum atomic E-state index is -0.492. The molecule has 0 radical (unpaired) electrons. The number of hydrogen-bond acceptors (Lipinski definition) is 3. The van der Waals surface area contributed by atoms with Crippen molar-refractivity contribution in [2.24, 2.45) is 0 Å². The van der Waals surface area contributed by atoms with Crippen LogP contribution in [0.2, 0.25) is 0 Å². The summed E-state index contributed by atoms with van der Waals surface area (Å²) in [7, 11) is 0. The molecule has 0 bridgehead atoms. The van der Waals surface area contributed by atoms with Crippen LogP contribution in [-0.4, -0.2) is 33.5 Å². The first-order chi connectivity index (χ1) is 13.2. The van der Waals surface area contributed by atoms with E-state index in [1.54, 1.807) is 29.4 Å². The molecule has 3 aromatic rings. The van der Waals surface area contributed by atoms with E-state index in [2.05, 4.69) is 9.55 Å². The smallest absolute Gasteiger partial charge is 0.257 e. The lowest BCUT2D eigenvalue weighted by molar-refractivity contribution is 0.0478. The molecule has 1 amide bonds. The highest BCUT2D eigenvalue weighted by atomic mass is 19.1. The molecule has 4 rings (SSSR count). The number of carbonyl (C=O) groups excluding carboxylic acids is 1. The number of rotatable bonds is 5. The van der Waals surface area contributed by atoms with E-state index in [0.717, 1.165) is 11.3 Å². The van der Waals surface area contributed by atoms with Gasteiger partial charge in [0.1, 0.15) is 5.82 Å². The summed E-state index contributed by atoms with van der Waals surface area (Å²) >= 11 is 0. The van der Waals surface area contributed by atoms with Crippen LogP contribution < -0.4 is 0 Å². The molecular weight excluding hydrogens is 345 g/mol. The molecule has 0 saturated carbocycles. The number of hydrogen-bond donors (Lipinski definition) is 0. The third-order valence-electron chi connectivity index (χ3n) is 4.76. The average molecular weight is 365 g/mol. The highest BCUT2D eigenvalue weighted by molar-refractivity contribution is 5.94. The summed E-state index contributed by atoms with van der Waals surface area (Å²) in [6.07, 6.45) is 5.47. The van der Waals surface area contributed by atoms with Gasteiger partial charge in [0.25, 0.3) is 5.91 Å². The molecule has 2 aromatic heterocycles. The van der Waals surface area contributed by atoms with Crippen molar-refractivity contribution < 1.29 is 13.9 Å². The van der Waals surface area contributed by atoms with Crippen molar-refractivity contribution in [3.63, 3.8) is 0 Å². The predicted octanol–water partition coefficient (Wildman–Crippen LogP) is 3.44. The lowest BCUT2D eigenvalue weighted by atomic mass is 10.1. The van der Waals surface area contributed by atoms with Gasteiger partial charge in [-0.05, 0) is 42.0 Å². The van der Waals surface area contributed by atoms with Crippen LogP contribution >= 0.6 is 0 Å². The van der Waals surface area contributed by atoms with E-state index in [1.165, 1.54) is 12.1 Å². The number of amides is 1. The van der Waals surface area contributed by atoms with E-state index in [4.69, 9.17) is 4.74 Å². The van der Waals surface area contributed by atoms with E-state index in [0.29, 0.717) is 26.3 Å². The van der Waals surface area contributed by atoms with Gasteiger partial charge in [-0.25, -0.2) is 4.39 Å². The molecular formula is C21H20FN3O2. The Labute approximate surface area is 157 Å². The third-order valence-corrected chi connectivity index (χ3v) is 4.76. The fourth-order valence-corrected chi connectivity index (χ4v) is 3.41. The Morgan fingerprint density at radius 1 is 1.15 bits per heavy atom. The molecule has 3 heterocycles. The molecule has 0 N–H and O–H groups in total. The van der Waals surface area contributed by atoms with Gasteiger partial charge in [0, 0.05) is 30.8 Å². The van der Waals surface area contributed by atoms with Gasteiger partial charge in [0.2, 0.25) is 0 Å². The molecule has 0 aliphatic carbocycles. The van der Waals surface area contributed by atoms with Gasteiger partial charge in [-0.2, -0.15) is 0 Å². The maximum absolute atomic E-state index is 14.0. The van der Waals surface area contributed by atoms with Crippen LogP contribution in [0.1, 0.15) is 27.7 Å². The van der Waals surface area contributed by atoms with Crippen LogP contribution in [0.3, 0.4) is 0 Å². The van der Waals surface area contributed by atoms with E-state index in [9.17, 15) is 9.18 Å². The Morgan fingerprint density at radius 2 is 1.96 bits per heavy atom. The molecule has 0 fully saturated rings. The van der Waals surface area contributed by atoms with Gasteiger partial charge in [0.05, 0.1) is 31.4 Å². The molecule has 0 saturated heterocycles. The summed E-state index contributed by atoms with van der Waals surface area (Å²) in [5, 5.41) is 0. The highest BCUT2D eigenvalue weighted by Crippen LogP contribution is 2.24. The molecule has 6 heteroatoms. The van der Waals surface area contributed by atoms with Crippen LogP contribution in [0.4, 0.5) is 4.39 Å². The number of ether oxygens (including phenoxy) is 1. The molecule has 0 spiro atoms. The van der Waals surface area contributed by atoms with Gasteiger partial charge in [-0.3, -0.25) is 9.78 Å². The minimum absolute atomic E-state index is 0.0127. The van der Waals surface area contributed by atoms with Crippen LogP contribution in [0.25, 0.3) is 0 Å². The zero-order valence-electron chi connectivity index (χ0n) is 14.8. The summed E-state index contributed by atoms with van der Waals surface area (Å²) in [6, 6.07) is 13.9. The Kier molecular flexibility index (Phi) is 4.98. The standard InChI is InChI=1S/C21H20FN3O2/c22-20-6-2-1-5-19(20)21(26)24-12-17-4-3-11-25(17)18(13-24)15-27-14-16-7-9-23-10-8-16/h1-11,18H,12-15H2/t18-/m0/s1. The van der Waals surface area contributed by atoms with Crippen LogP contribution in [0.15, 0.2) is 67.1 Å². The molecule has 1 aromatic carbocycles. The predicted molar refractivity (Wildman–Crippen MR) is 98.5 cm³/mol. The van der Waals surface area contributed by atoms with Crippen molar-refractivity contribution in [3.05, 3.63) is 89.8 Å². The fraction of sp³-hybridized carbons (Fsp3) is 0.238. The summed E-state index contributed by atoms with van der Waals surface area (Å²) in [6.45, 7) is 1.88. The summed E-state index contributed by atoms with van der Waals surface area (Å²) < 4.78 is 22.1. The van der Waals surface area contributed by atoms with Gasteiger partial charge in [0.15, 0.2) is 0 Å². The summed E-state index contributed by atoms with van der Waals surface area (Å²) in [5.74, 6) is -0.784. The monoisotopic (exact) mass is 365 g/mol. The second-order valence-corrected chi connectivity index (χ2v) is 6.60. The Balaban J connectivity index is 1.47. The number of fused-ring (bicyclic) bond motifs is 1. The highest BCUT2D eigenvalue weighted by Gasteiger charge is 2.29. The second-order valence-electron chi connectivity index (χ2n) is 6.60. The number of pyridine rings is 1. The molecule has 138 valence electrons. The van der Waals surface area contributed by atoms with Crippen LogP contribution in [-0.2, 0) is 17.9 Å². The van der Waals surface area contributed by atoms with Crippen molar-refractivity contribution in [2.45, 2.75) is 19.2 Å². The molecule has 1 aliphatic rings. The molecule has 27 heavy (non-hydrogen) atoms. The van der Waals surface area contributed by atoms with Crippen LogP contribution in [0, 0.1) is 5.82 Å². The first kappa shape index (κ1) is 17.4. The Hall–Kier alpha value is -2.99. The first-order valence-corrected chi connectivity index (χ1v) is 8.88. The van der Waals surface area contributed by atoms with Gasteiger partial charge >= 0.3 is 0 Å². The summed E-state index contributed by atoms with van der Waals surface area (Å²) in [5.41, 5.74) is 2.17. The van der Waals surface area contributed by atoms with E-state index >= 15 is 0 Å². The topological polar surface area (TPSA) is 47.4 Å². The van der Waals surface area contributed by atoms with E-state index < -0.39 is 5.82 Å². The fourth-order valence-electron chi connectivity index (χ4n) is 3.41. The van der Waals surface area contributed by atoms with Gasteiger partial charge in [-0.1, -0.05) is 12.1 Å². The zero-order chi connectivity index (χ0) is 18.6. The van der Waals surface area contributed by atoms with E-state index in [-0.39, 0.29) is 17.5 Å². The lowest BCUT2D eigenvalue weighted by Gasteiger charge is -2.35. The zero-order valence-corrected chi connectivity index (χ0v) is 14.8. The number of halogens is 1. The Bertz CT molecular complexity index is 926. The number of carbonyl (C=O) groups is 1. The number of benzene rings is 1. The summed E-state index contributed by atoms with van der Waals surface area (Å²) in [4.78, 5) is 18.5. The quantitative estimate of drug-likeness (QED) is 0.696. The molecule has 0 unspecified atom stereocenters. The SMILES string of the molecule is O=C(c1ccccc1F)N1Cc2cccn2[C@H](COCc2ccncc2)C1. The van der Waals surface area contributed by atoms with Gasteiger partial charge in [-0.15, -0.1) is 0 Å². The lowest BCUT2D eigenvalue weighted by Crippen LogP contribution is -2.42. The molecule has 1 aliphatic heterocycles. The average Bonchev–Trinajstić information content (AvgIpc) is 3.17. The van der Waals surface area contributed by atoms with Crippen LogP contribution in [0.5, 0.6) is 0 Å².